The first-order valence-electron chi connectivity index (χ1n) is 5.90. The second-order valence-electron chi connectivity index (χ2n) is 4.32. The van der Waals surface area contributed by atoms with E-state index >= 15 is 0 Å². The van der Waals surface area contributed by atoms with Crippen LogP contribution in [-0.2, 0) is 11.2 Å². The van der Waals surface area contributed by atoms with Gasteiger partial charge in [-0.15, -0.1) is 0 Å². The Bertz CT molecular complexity index is 545. The Balaban J connectivity index is 2.00. The fourth-order valence-corrected chi connectivity index (χ4v) is 1.73. The molecule has 7 nitrogen and oxygen atoms in total. The van der Waals surface area contributed by atoms with Crippen molar-refractivity contribution in [2.75, 3.05) is 5.32 Å². The Morgan fingerprint density at radius 1 is 1.47 bits per heavy atom. The highest BCUT2D eigenvalue weighted by molar-refractivity contribution is 5.94. The lowest BCUT2D eigenvalue weighted by molar-refractivity contribution is -0.117. The number of aromatic nitrogens is 4. The van der Waals surface area contributed by atoms with Gasteiger partial charge in [-0.3, -0.25) is 4.79 Å². The van der Waals surface area contributed by atoms with Crippen LogP contribution in [-0.4, -0.2) is 31.9 Å². The third-order valence-corrected chi connectivity index (χ3v) is 2.55. The Hall–Kier alpha value is -2.28. The molecule has 0 aliphatic rings. The van der Waals surface area contributed by atoms with E-state index in [1.54, 1.807) is 25.5 Å². The van der Waals surface area contributed by atoms with E-state index < -0.39 is 6.04 Å². The maximum absolute atomic E-state index is 11.9. The number of hydrogen-bond acceptors (Lipinski definition) is 5. The summed E-state index contributed by atoms with van der Waals surface area (Å²) in [6, 6.07) is 1.05. The zero-order valence-corrected chi connectivity index (χ0v) is 10.8. The molecule has 1 amide bonds. The van der Waals surface area contributed by atoms with Gasteiger partial charge >= 0.3 is 0 Å². The molecule has 0 aliphatic carbocycles. The summed E-state index contributed by atoms with van der Waals surface area (Å²) in [6.45, 7) is 3.61. The molecule has 19 heavy (non-hydrogen) atoms. The van der Waals surface area contributed by atoms with Gasteiger partial charge in [-0.25, -0.2) is 15.0 Å². The molecule has 0 fully saturated rings. The Morgan fingerprint density at radius 3 is 2.89 bits per heavy atom. The molecule has 0 radical (unpaired) electrons. The zero-order chi connectivity index (χ0) is 13.8. The third-order valence-electron chi connectivity index (χ3n) is 2.55. The van der Waals surface area contributed by atoms with Crippen LogP contribution in [0.2, 0.25) is 0 Å². The standard InChI is InChI=1S/C12H16N6O/c1-7-3-11(17-8(2)16-7)18-12(19)10(13)4-9-5-14-6-15-9/h3,5-6,10H,4,13H2,1-2H3,(H,14,15)(H,16,17,18,19)/t10-/m0/s1. The van der Waals surface area contributed by atoms with Crippen molar-refractivity contribution in [1.29, 1.82) is 0 Å². The highest BCUT2D eigenvalue weighted by Gasteiger charge is 2.15. The number of imidazole rings is 1. The SMILES string of the molecule is Cc1cc(NC(=O)[C@@H](N)Cc2cnc[nH]2)nc(C)n1. The fourth-order valence-electron chi connectivity index (χ4n) is 1.73. The molecule has 2 aromatic rings. The van der Waals surface area contributed by atoms with Gasteiger partial charge in [0.25, 0.3) is 0 Å². The van der Waals surface area contributed by atoms with Crippen molar-refractivity contribution in [3.05, 3.63) is 35.8 Å². The first kappa shape index (κ1) is 13.2. The number of hydrogen-bond donors (Lipinski definition) is 3. The molecule has 0 aliphatic heterocycles. The summed E-state index contributed by atoms with van der Waals surface area (Å²) in [6.07, 6.45) is 3.60. The van der Waals surface area contributed by atoms with Gasteiger partial charge in [-0.05, 0) is 13.8 Å². The van der Waals surface area contributed by atoms with E-state index in [4.69, 9.17) is 5.73 Å². The second kappa shape index (κ2) is 5.57. The van der Waals surface area contributed by atoms with Crippen molar-refractivity contribution < 1.29 is 4.79 Å². The third kappa shape index (κ3) is 3.59. The number of amides is 1. The highest BCUT2D eigenvalue weighted by atomic mass is 16.2. The molecule has 0 saturated carbocycles. The van der Waals surface area contributed by atoms with Crippen molar-refractivity contribution >= 4 is 11.7 Å². The van der Waals surface area contributed by atoms with Crippen LogP contribution in [0, 0.1) is 13.8 Å². The molecule has 0 unspecified atom stereocenters. The first-order valence-corrected chi connectivity index (χ1v) is 5.90. The molecule has 100 valence electrons. The smallest absolute Gasteiger partial charge is 0.242 e. The molecule has 7 heteroatoms. The van der Waals surface area contributed by atoms with Crippen LogP contribution in [0.1, 0.15) is 17.2 Å². The highest BCUT2D eigenvalue weighted by Crippen LogP contribution is 2.06. The monoisotopic (exact) mass is 260 g/mol. The van der Waals surface area contributed by atoms with Crippen LogP contribution in [0.3, 0.4) is 0 Å². The van der Waals surface area contributed by atoms with Gasteiger partial charge in [0.1, 0.15) is 11.6 Å². The van der Waals surface area contributed by atoms with E-state index in [9.17, 15) is 4.79 Å². The summed E-state index contributed by atoms with van der Waals surface area (Å²) in [7, 11) is 0. The number of nitrogens with two attached hydrogens (primary N) is 1. The molecule has 2 aromatic heterocycles. The molecular weight excluding hydrogens is 244 g/mol. The van der Waals surface area contributed by atoms with Gasteiger partial charge in [0.05, 0.1) is 12.4 Å². The maximum Gasteiger partial charge on any atom is 0.242 e. The van der Waals surface area contributed by atoms with Crippen LogP contribution < -0.4 is 11.1 Å². The predicted molar refractivity (Wildman–Crippen MR) is 70.4 cm³/mol. The summed E-state index contributed by atoms with van der Waals surface area (Å²) >= 11 is 0. The van der Waals surface area contributed by atoms with Gasteiger partial charge in [-0.2, -0.15) is 0 Å². The van der Waals surface area contributed by atoms with Gasteiger partial charge in [0, 0.05) is 30.1 Å². The predicted octanol–water partition coefficient (Wildman–Crippen LogP) is 0.325. The van der Waals surface area contributed by atoms with E-state index in [1.807, 2.05) is 6.92 Å². The number of rotatable bonds is 4. The minimum atomic E-state index is -0.656. The van der Waals surface area contributed by atoms with Crippen LogP contribution in [0.15, 0.2) is 18.6 Å². The van der Waals surface area contributed by atoms with E-state index in [1.165, 1.54) is 0 Å². The number of H-pyrrole nitrogens is 1. The van der Waals surface area contributed by atoms with Crippen LogP contribution in [0.5, 0.6) is 0 Å². The lowest BCUT2D eigenvalue weighted by Gasteiger charge is -2.11. The lowest BCUT2D eigenvalue weighted by Crippen LogP contribution is -2.37. The van der Waals surface area contributed by atoms with Gasteiger partial charge < -0.3 is 16.0 Å². The molecular formula is C12H16N6O. The van der Waals surface area contributed by atoms with Crippen molar-refractivity contribution in [3.63, 3.8) is 0 Å². The molecule has 2 heterocycles. The average molecular weight is 260 g/mol. The molecule has 1 atom stereocenters. The molecule has 2 rings (SSSR count). The molecule has 0 saturated heterocycles. The van der Waals surface area contributed by atoms with Gasteiger partial charge in [-0.1, -0.05) is 0 Å². The molecule has 0 bridgehead atoms. The number of aryl methyl sites for hydroxylation is 2. The summed E-state index contributed by atoms with van der Waals surface area (Å²) < 4.78 is 0. The van der Waals surface area contributed by atoms with Crippen LogP contribution >= 0.6 is 0 Å². The largest absolute Gasteiger partial charge is 0.348 e. The van der Waals surface area contributed by atoms with Crippen LogP contribution in [0.4, 0.5) is 5.82 Å². The molecule has 0 spiro atoms. The molecule has 4 N–H and O–H groups in total. The lowest BCUT2D eigenvalue weighted by atomic mass is 10.1. The summed E-state index contributed by atoms with van der Waals surface area (Å²) in [5.74, 6) is 0.791. The first-order chi connectivity index (χ1) is 9.04. The van der Waals surface area contributed by atoms with Crippen LogP contribution in [0.25, 0.3) is 0 Å². The number of anilines is 1. The summed E-state index contributed by atoms with van der Waals surface area (Å²) in [5.41, 5.74) is 7.44. The van der Waals surface area contributed by atoms with E-state index in [2.05, 4.69) is 25.3 Å². The van der Waals surface area contributed by atoms with E-state index in [0.29, 0.717) is 18.1 Å². The fraction of sp³-hybridized carbons (Fsp3) is 0.333. The minimum absolute atomic E-state index is 0.285. The number of carbonyl (C=O) groups is 1. The Labute approximate surface area is 110 Å². The Morgan fingerprint density at radius 2 is 2.26 bits per heavy atom. The summed E-state index contributed by atoms with van der Waals surface area (Å²) in [4.78, 5) is 27.0. The maximum atomic E-state index is 11.9. The number of aromatic amines is 1. The average Bonchev–Trinajstić information content (AvgIpc) is 2.80. The van der Waals surface area contributed by atoms with Crippen molar-refractivity contribution in [2.24, 2.45) is 5.73 Å². The number of nitrogens with one attached hydrogen (secondary N) is 2. The van der Waals surface area contributed by atoms with E-state index in [0.717, 1.165) is 11.4 Å². The van der Waals surface area contributed by atoms with Crippen molar-refractivity contribution in [2.45, 2.75) is 26.3 Å². The van der Waals surface area contributed by atoms with E-state index in [-0.39, 0.29) is 5.91 Å². The number of carbonyl (C=O) groups excluding carboxylic acids is 1. The zero-order valence-electron chi connectivity index (χ0n) is 10.8. The Kier molecular flexibility index (Phi) is 3.86. The normalized spacial score (nSPS) is 12.2. The number of nitrogens with zero attached hydrogens (tertiary/aromatic N) is 3. The quantitative estimate of drug-likeness (QED) is 0.733. The van der Waals surface area contributed by atoms with Gasteiger partial charge in [0.2, 0.25) is 5.91 Å². The summed E-state index contributed by atoms with van der Waals surface area (Å²) in [5, 5.41) is 2.69. The minimum Gasteiger partial charge on any atom is -0.348 e. The second-order valence-corrected chi connectivity index (χ2v) is 4.32. The molecule has 0 aromatic carbocycles. The van der Waals surface area contributed by atoms with Crippen molar-refractivity contribution in [1.82, 2.24) is 19.9 Å². The van der Waals surface area contributed by atoms with Gasteiger partial charge in [0.15, 0.2) is 0 Å². The van der Waals surface area contributed by atoms with Crippen molar-refractivity contribution in [3.8, 4) is 0 Å². The topological polar surface area (TPSA) is 110 Å².